The van der Waals surface area contributed by atoms with Crippen LogP contribution in [0.2, 0.25) is 0 Å². The lowest BCUT2D eigenvalue weighted by Gasteiger charge is -2.14. The van der Waals surface area contributed by atoms with Gasteiger partial charge >= 0.3 is 0 Å². The fraction of sp³-hybridized carbons (Fsp3) is 0.294. The van der Waals surface area contributed by atoms with E-state index in [-0.39, 0.29) is 0 Å². The minimum atomic E-state index is -0.573. The second-order valence-corrected chi connectivity index (χ2v) is 5.15. The topological polar surface area (TPSA) is 29.5 Å². The van der Waals surface area contributed by atoms with Crippen LogP contribution in [0.4, 0.5) is 0 Å². The van der Waals surface area contributed by atoms with Crippen LogP contribution in [0.5, 0.6) is 5.75 Å². The van der Waals surface area contributed by atoms with Crippen LogP contribution >= 0.6 is 0 Å². The van der Waals surface area contributed by atoms with E-state index >= 15 is 0 Å². The monoisotopic (exact) mass is 254 g/mol. The van der Waals surface area contributed by atoms with Crippen LogP contribution < -0.4 is 4.74 Å². The molecule has 0 aromatic heterocycles. The van der Waals surface area contributed by atoms with Gasteiger partial charge < -0.3 is 9.84 Å². The Kier molecular flexibility index (Phi) is 3.26. The number of hydrogen-bond donors (Lipinski definition) is 1. The van der Waals surface area contributed by atoms with Gasteiger partial charge in [-0.3, -0.25) is 0 Å². The molecule has 0 bridgehead atoms. The van der Waals surface area contributed by atoms with Crippen molar-refractivity contribution in [2.24, 2.45) is 0 Å². The van der Waals surface area contributed by atoms with Gasteiger partial charge in [-0.05, 0) is 48.6 Å². The van der Waals surface area contributed by atoms with Crippen LogP contribution in [0.3, 0.4) is 0 Å². The first-order valence-corrected chi connectivity index (χ1v) is 6.74. The zero-order valence-electron chi connectivity index (χ0n) is 11.0. The van der Waals surface area contributed by atoms with Crippen LogP contribution in [0, 0.1) is 6.92 Å². The van der Waals surface area contributed by atoms with Gasteiger partial charge in [-0.25, -0.2) is 0 Å². The quantitative estimate of drug-likeness (QED) is 0.903. The molecule has 2 heteroatoms. The van der Waals surface area contributed by atoms with Crippen molar-refractivity contribution in [3.8, 4) is 5.75 Å². The van der Waals surface area contributed by atoms with Crippen molar-refractivity contribution in [1.29, 1.82) is 0 Å². The largest absolute Gasteiger partial charge is 0.490 e. The second-order valence-electron chi connectivity index (χ2n) is 5.15. The predicted molar refractivity (Wildman–Crippen MR) is 75.3 cm³/mol. The summed E-state index contributed by atoms with van der Waals surface area (Å²) in [6, 6.07) is 15.7. The summed E-state index contributed by atoms with van der Waals surface area (Å²) < 4.78 is 5.71. The molecule has 1 N–H and O–H groups in total. The Hall–Kier alpha value is -1.80. The summed E-state index contributed by atoms with van der Waals surface area (Å²) in [5.41, 5.74) is 2.96. The van der Waals surface area contributed by atoms with Gasteiger partial charge in [0.05, 0.1) is 6.10 Å². The lowest BCUT2D eigenvalue weighted by Crippen LogP contribution is -2.02. The van der Waals surface area contributed by atoms with Gasteiger partial charge in [-0.1, -0.05) is 36.4 Å². The number of rotatable bonds is 4. The average Bonchev–Trinajstić information content (AvgIpc) is 3.23. The first-order valence-electron chi connectivity index (χ1n) is 6.74. The predicted octanol–water partition coefficient (Wildman–Crippen LogP) is 3.62. The zero-order valence-corrected chi connectivity index (χ0v) is 11.0. The van der Waals surface area contributed by atoms with Gasteiger partial charge in [-0.15, -0.1) is 0 Å². The average molecular weight is 254 g/mol. The molecular formula is C17H18O2. The summed E-state index contributed by atoms with van der Waals surface area (Å²) in [7, 11) is 0. The minimum absolute atomic E-state index is 0.409. The van der Waals surface area contributed by atoms with E-state index in [4.69, 9.17) is 4.74 Å². The summed E-state index contributed by atoms with van der Waals surface area (Å²) in [5.74, 6) is 0.892. The Morgan fingerprint density at radius 3 is 2.37 bits per heavy atom. The highest BCUT2D eigenvalue weighted by molar-refractivity contribution is 5.37. The number of aliphatic hydroxyl groups excluding tert-OH is 1. The van der Waals surface area contributed by atoms with Gasteiger partial charge in [0.2, 0.25) is 0 Å². The van der Waals surface area contributed by atoms with E-state index in [0.717, 1.165) is 35.3 Å². The van der Waals surface area contributed by atoms with Gasteiger partial charge in [0.1, 0.15) is 11.9 Å². The second kappa shape index (κ2) is 5.06. The number of ether oxygens (including phenoxy) is 1. The fourth-order valence-corrected chi connectivity index (χ4v) is 2.18. The van der Waals surface area contributed by atoms with Gasteiger partial charge in [-0.2, -0.15) is 0 Å². The maximum atomic E-state index is 10.4. The van der Waals surface area contributed by atoms with Crippen LogP contribution in [0.25, 0.3) is 0 Å². The molecule has 3 rings (SSSR count). The van der Waals surface area contributed by atoms with E-state index in [2.05, 4.69) is 0 Å². The fourth-order valence-electron chi connectivity index (χ4n) is 2.18. The summed E-state index contributed by atoms with van der Waals surface area (Å²) >= 11 is 0. The van der Waals surface area contributed by atoms with Gasteiger partial charge in [0.15, 0.2) is 0 Å². The molecule has 1 fully saturated rings. The van der Waals surface area contributed by atoms with E-state index in [9.17, 15) is 5.11 Å². The Bertz CT molecular complexity index is 556. The van der Waals surface area contributed by atoms with Crippen molar-refractivity contribution in [1.82, 2.24) is 0 Å². The molecule has 19 heavy (non-hydrogen) atoms. The lowest BCUT2D eigenvalue weighted by molar-refractivity contribution is 0.219. The summed E-state index contributed by atoms with van der Waals surface area (Å²) in [5, 5.41) is 10.4. The van der Waals surface area contributed by atoms with Crippen LogP contribution in [0.15, 0.2) is 48.5 Å². The first kappa shape index (κ1) is 12.2. The SMILES string of the molecule is Cc1ccccc1C(O)c1ccc(OC2CC2)cc1. The molecule has 1 atom stereocenters. The molecule has 0 heterocycles. The minimum Gasteiger partial charge on any atom is -0.490 e. The summed E-state index contributed by atoms with van der Waals surface area (Å²) in [6.45, 7) is 2.02. The van der Waals surface area contributed by atoms with Crippen LogP contribution in [-0.2, 0) is 0 Å². The Balaban J connectivity index is 1.79. The number of aliphatic hydroxyl groups is 1. The van der Waals surface area contributed by atoms with Crippen molar-refractivity contribution in [2.45, 2.75) is 32.0 Å². The summed E-state index contributed by atoms with van der Waals surface area (Å²) in [4.78, 5) is 0. The van der Waals surface area contributed by atoms with Crippen molar-refractivity contribution < 1.29 is 9.84 Å². The maximum absolute atomic E-state index is 10.4. The highest BCUT2D eigenvalue weighted by atomic mass is 16.5. The molecule has 2 aromatic carbocycles. The zero-order chi connectivity index (χ0) is 13.2. The van der Waals surface area contributed by atoms with Crippen molar-refractivity contribution in [2.75, 3.05) is 0 Å². The van der Waals surface area contributed by atoms with E-state index in [0.29, 0.717) is 6.10 Å². The Labute approximate surface area is 113 Å². The van der Waals surface area contributed by atoms with Gasteiger partial charge in [0.25, 0.3) is 0 Å². The normalized spacial score (nSPS) is 16.1. The standard InChI is InChI=1S/C17H18O2/c1-12-4-2-3-5-16(12)17(18)13-6-8-14(9-7-13)19-15-10-11-15/h2-9,15,17-18H,10-11H2,1H3. The first-order chi connectivity index (χ1) is 9.24. The third kappa shape index (κ3) is 2.79. The molecule has 1 saturated carbocycles. The molecule has 2 aromatic rings. The third-order valence-corrected chi connectivity index (χ3v) is 3.51. The molecular weight excluding hydrogens is 236 g/mol. The molecule has 1 unspecified atom stereocenters. The third-order valence-electron chi connectivity index (χ3n) is 3.51. The van der Waals surface area contributed by atoms with E-state index < -0.39 is 6.10 Å². The lowest BCUT2D eigenvalue weighted by atomic mass is 9.98. The van der Waals surface area contributed by atoms with Crippen LogP contribution in [0.1, 0.15) is 35.6 Å². The summed E-state index contributed by atoms with van der Waals surface area (Å²) in [6.07, 6.45) is 2.16. The molecule has 0 amide bonds. The molecule has 0 radical (unpaired) electrons. The van der Waals surface area contributed by atoms with E-state index in [1.165, 1.54) is 0 Å². The number of hydrogen-bond acceptors (Lipinski definition) is 2. The molecule has 0 aliphatic heterocycles. The maximum Gasteiger partial charge on any atom is 0.119 e. The Morgan fingerprint density at radius 2 is 1.74 bits per heavy atom. The molecule has 98 valence electrons. The van der Waals surface area contributed by atoms with Crippen LogP contribution in [-0.4, -0.2) is 11.2 Å². The van der Waals surface area contributed by atoms with Crippen molar-refractivity contribution in [3.05, 3.63) is 65.2 Å². The Morgan fingerprint density at radius 1 is 1.05 bits per heavy atom. The highest BCUT2D eigenvalue weighted by Gasteiger charge is 2.23. The van der Waals surface area contributed by atoms with E-state index in [1.54, 1.807) is 0 Å². The van der Waals surface area contributed by atoms with E-state index in [1.807, 2.05) is 55.5 Å². The highest BCUT2D eigenvalue weighted by Crippen LogP contribution is 2.29. The molecule has 1 aliphatic rings. The molecule has 0 saturated heterocycles. The smallest absolute Gasteiger partial charge is 0.119 e. The number of benzene rings is 2. The van der Waals surface area contributed by atoms with Crippen molar-refractivity contribution in [3.63, 3.8) is 0 Å². The molecule has 2 nitrogen and oxygen atoms in total. The van der Waals surface area contributed by atoms with Gasteiger partial charge in [0, 0.05) is 0 Å². The molecule has 1 aliphatic carbocycles. The molecule has 0 spiro atoms. The van der Waals surface area contributed by atoms with Crippen molar-refractivity contribution >= 4 is 0 Å². The number of aryl methyl sites for hydroxylation is 1.